The summed E-state index contributed by atoms with van der Waals surface area (Å²) in [5.74, 6) is 1.59. The molecule has 1 saturated carbocycles. The van der Waals surface area contributed by atoms with Crippen LogP contribution in [0, 0.1) is 0 Å². The molecule has 1 aromatic heterocycles. The second-order valence-electron chi connectivity index (χ2n) is 5.16. The summed E-state index contributed by atoms with van der Waals surface area (Å²) in [7, 11) is 0. The summed E-state index contributed by atoms with van der Waals surface area (Å²) in [6, 6.07) is 0. The van der Waals surface area contributed by atoms with E-state index >= 15 is 0 Å². The van der Waals surface area contributed by atoms with E-state index in [1.165, 1.54) is 48.2 Å². The van der Waals surface area contributed by atoms with E-state index in [-0.39, 0.29) is 0 Å². The van der Waals surface area contributed by atoms with Gasteiger partial charge in [-0.15, -0.1) is 11.3 Å². The monoisotopic (exact) mass is 283 g/mol. The van der Waals surface area contributed by atoms with Gasteiger partial charge in [-0.1, -0.05) is 6.92 Å². The molecular weight excluding hydrogens is 262 g/mol. The van der Waals surface area contributed by atoms with Gasteiger partial charge in [-0.2, -0.15) is 12.6 Å². The Morgan fingerprint density at radius 3 is 2.56 bits per heavy atom. The van der Waals surface area contributed by atoms with Crippen LogP contribution in [0.1, 0.15) is 36.3 Å². The van der Waals surface area contributed by atoms with Gasteiger partial charge in [-0.05, 0) is 19.4 Å². The van der Waals surface area contributed by atoms with Gasteiger partial charge in [-0.3, -0.25) is 0 Å². The summed E-state index contributed by atoms with van der Waals surface area (Å²) in [5, 5.41) is 1.23. The molecule has 2 aliphatic rings. The van der Waals surface area contributed by atoms with Crippen molar-refractivity contribution in [3.05, 3.63) is 10.6 Å². The maximum Gasteiger partial charge on any atom is 0.185 e. The molecule has 0 N–H and O–H groups in total. The van der Waals surface area contributed by atoms with E-state index in [1.54, 1.807) is 0 Å². The number of likely N-dealkylation sites (N-methyl/N-ethyl adjacent to an activating group) is 1. The number of nitrogens with zero attached hydrogens (tertiary/aromatic N) is 3. The van der Waals surface area contributed by atoms with Crippen molar-refractivity contribution in [2.24, 2.45) is 0 Å². The van der Waals surface area contributed by atoms with Crippen LogP contribution in [-0.2, 0) is 5.75 Å². The first-order chi connectivity index (χ1) is 8.81. The number of aromatic nitrogens is 1. The van der Waals surface area contributed by atoms with Gasteiger partial charge in [0.15, 0.2) is 5.13 Å². The summed E-state index contributed by atoms with van der Waals surface area (Å²) in [5.41, 5.74) is 1.35. The Balaban J connectivity index is 1.72. The fourth-order valence-electron chi connectivity index (χ4n) is 2.53. The molecule has 0 spiro atoms. The highest BCUT2D eigenvalue weighted by molar-refractivity contribution is 7.79. The first-order valence-corrected chi connectivity index (χ1v) is 8.34. The molecule has 1 aromatic rings. The van der Waals surface area contributed by atoms with Crippen LogP contribution in [0.25, 0.3) is 0 Å². The van der Waals surface area contributed by atoms with Gasteiger partial charge < -0.3 is 9.80 Å². The molecule has 3 nitrogen and oxygen atoms in total. The first kappa shape index (κ1) is 12.8. The average Bonchev–Trinajstić information content (AvgIpc) is 3.18. The van der Waals surface area contributed by atoms with Gasteiger partial charge in [0.1, 0.15) is 0 Å². The van der Waals surface area contributed by atoms with Crippen molar-refractivity contribution < 1.29 is 0 Å². The van der Waals surface area contributed by atoms with Crippen molar-refractivity contribution in [2.45, 2.75) is 31.4 Å². The molecule has 0 radical (unpaired) electrons. The Morgan fingerprint density at radius 2 is 2.00 bits per heavy atom. The van der Waals surface area contributed by atoms with E-state index in [0.717, 1.165) is 24.8 Å². The van der Waals surface area contributed by atoms with Crippen molar-refractivity contribution in [2.75, 3.05) is 37.6 Å². The summed E-state index contributed by atoms with van der Waals surface area (Å²) in [4.78, 5) is 11.3. The van der Waals surface area contributed by atoms with E-state index in [2.05, 4.69) is 29.4 Å². The largest absolute Gasteiger partial charge is 0.346 e. The molecule has 5 heteroatoms. The average molecular weight is 283 g/mol. The molecule has 1 aliphatic carbocycles. The van der Waals surface area contributed by atoms with Crippen molar-refractivity contribution in [1.29, 1.82) is 0 Å². The molecular formula is C13H21N3S2. The molecule has 0 amide bonds. The maximum atomic E-state index is 4.89. The number of thiol groups is 1. The number of hydrogen-bond donors (Lipinski definition) is 1. The molecule has 100 valence electrons. The molecule has 18 heavy (non-hydrogen) atoms. The number of thiazole rings is 1. The van der Waals surface area contributed by atoms with Crippen LogP contribution in [0.3, 0.4) is 0 Å². The minimum absolute atomic E-state index is 0.745. The van der Waals surface area contributed by atoms with Crippen LogP contribution in [-0.4, -0.2) is 42.6 Å². The molecule has 1 aliphatic heterocycles. The van der Waals surface area contributed by atoms with Gasteiger partial charge in [0.2, 0.25) is 0 Å². The fourth-order valence-corrected chi connectivity index (χ4v) is 3.94. The molecule has 3 rings (SSSR count). The maximum absolute atomic E-state index is 4.89. The lowest BCUT2D eigenvalue weighted by Gasteiger charge is -2.33. The second-order valence-corrected chi connectivity index (χ2v) is 6.54. The van der Waals surface area contributed by atoms with Gasteiger partial charge in [0.25, 0.3) is 0 Å². The lowest BCUT2D eigenvalue weighted by Crippen LogP contribution is -2.46. The van der Waals surface area contributed by atoms with Crippen molar-refractivity contribution in [1.82, 2.24) is 9.88 Å². The third-order valence-electron chi connectivity index (χ3n) is 3.91. The standard InChI is InChI=1S/C13H21N3S2/c1-2-15-5-7-16(8-6-15)13-14-12(10-3-4-10)11(9-17)18-13/h10,17H,2-9H2,1H3. The molecule has 0 bridgehead atoms. The minimum atomic E-state index is 0.745. The van der Waals surface area contributed by atoms with E-state index in [4.69, 9.17) is 4.98 Å². The molecule has 2 fully saturated rings. The van der Waals surface area contributed by atoms with Gasteiger partial charge in [0.05, 0.1) is 5.69 Å². The summed E-state index contributed by atoms with van der Waals surface area (Å²) in [6.45, 7) is 8.00. The third kappa shape index (κ3) is 2.53. The van der Waals surface area contributed by atoms with E-state index in [1.807, 2.05) is 11.3 Å². The Labute approximate surface area is 119 Å². The zero-order valence-electron chi connectivity index (χ0n) is 10.9. The van der Waals surface area contributed by atoms with Crippen molar-refractivity contribution in [3.63, 3.8) is 0 Å². The van der Waals surface area contributed by atoms with Crippen LogP contribution in [0.4, 0.5) is 5.13 Å². The van der Waals surface area contributed by atoms with Crippen LogP contribution >= 0.6 is 24.0 Å². The van der Waals surface area contributed by atoms with Gasteiger partial charge in [-0.25, -0.2) is 4.98 Å². The smallest absolute Gasteiger partial charge is 0.185 e. The normalized spacial score (nSPS) is 21.6. The Morgan fingerprint density at radius 1 is 1.28 bits per heavy atom. The number of anilines is 1. The molecule has 0 aromatic carbocycles. The topological polar surface area (TPSA) is 19.4 Å². The molecule has 1 saturated heterocycles. The highest BCUT2D eigenvalue weighted by Crippen LogP contribution is 2.44. The fraction of sp³-hybridized carbons (Fsp3) is 0.769. The predicted octanol–water partition coefficient (Wildman–Crippen LogP) is 2.59. The Bertz CT molecular complexity index is 406. The second kappa shape index (κ2) is 5.39. The minimum Gasteiger partial charge on any atom is -0.346 e. The lowest BCUT2D eigenvalue weighted by atomic mass is 10.3. The Kier molecular flexibility index (Phi) is 3.82. The molecule has 0 unspecified atom stereocenters. The van der Waals surface area contributed by atoms with E-state index in [0.29, 0.717) is 0 Å². The molecule has 2 heterocycles. The van der Waals surface area contributed by atoms with Gasteiger partial charge >= 0.3 is 0 Å². The van der Waals surface area contributed by atoms with Crippen LogP contribution in [0.15, 0.2) is 0 Å². The van der Waals surface area contributed by atoms with E-state index < -0.39 is 0 Å². The highest BCUT2D eigenvalue weighted by Gasteiger charge is 2.30. The Hall–Kier alpha value is -0.260. The van der Waals surface area contributed by atoms with Crippen molar-refractivity contribution >= 4 is 29.1 Å². The lowest BCUT2D eigenvalue weighted by molar-refractivity contribution is 0.271. The first-order valence-electron chi connectivity index (χ1n) is 6.89. The van der Waals surface area contributed by atoms with Crippen LogP contribution in [0.5, 0.6) is 0 Å². The number of hydrogen-bond acceptors (Lipinski definition) is 5. The van der Waals surface area contributed by atoms with Gasteiger partial charge in [0, 0.05) is 42.7 Å². The summed E-state index contributed by atoms with van der Waals surface area (Å²) in [6.07, 6.45) is 2.65. The van der Waals surface area contributed by atoms with E-state index in [9.17, 15) is 0 Å². The van der Waals surface area contributed by atoms with Crippen molar-refractivity contribution in [3.8, 4) is 0 Å². The summed E-state index contributed by atoms with van der Waals surface area (Å²) < 4.78 is 0. The number of rotatable bonds is 4. The zero-order valence-corrected chi connectivity index (χ0v) is 12.6. The van der Waals surface area contributed by atoms with Crippen LogP contribution < -0.4 is 4.90 Å². The molecule has 0 atom stereocenters. The van der Waals surface area contributed by atoms with Crippen LogP contribution in [0.2, 0.25) is 0 Å². The zero-order chi connectivity index (χ0) is 12.5. The SMILES string of the molecule is CCN1CCN(c2nc(C3CC3)c(CS)s2)CC1. The summed E-state index contributed by atoms with van der Waals surface area (Å²) >= 11 is 6.32. The predicted molar refractivity (Wildman–Crippen MR) is 81.1 cm³/mol. The highest BCUT2D eigenvalue weighted by atomic mass is 32.1. The third-order valence-corrected chi connectivity index (χ3v) is 5.58. The quantitative estimate of drug-likeness (QED) is 0.857. The number of piperazine rings is 1.